The third kappa shape index (κ3) is 4.07. The number of para-hydroxylation sites is 3. The van der Waals surface area contributed by atoms with E-state index >= 15 is 0 Å². The molecule has 232 valence electrons. The smallest absolute Gasteiger partial charge is 0.143 e. The number of hydrogen-bond donors (Lipinski definition) is 0. The topological polar surface area (TPSA) is 29.5 Å². The zero-order chi connectivity index (χ0) is 32.6. The molecule has 2 heterocycles. The molecular weight excluding hydrogens is 587 g/mol. The van der Waals surface area contributed by atoms with Crippen molar-refractivity contribution in [1.82, 2.24) is 0 Å². The van der Waals surface area contributed by atoms with E-state index < -0.39 is 0 Å². The zero-order valence-electron chi connectivity index (χ0n) is 27.5. The predicted molar refractivity (Wildman–Crippen MR) is 202 cm³/mol. The Bertz CT molecular complexity index is 2590. The molecule has 0 spiro atoms. The van der Waals surface area contributed by atoms with Gasteiger partial charge in [0, 0.05) is 55.1 Å². The first-order chi connectivity index (χ1) is 23.5. The maximum absolute atomic E-state index is 6.70. The summed E-state index contributed by atoms with van der Waals surface area (Å²) in [7, 11) is 0. The fourth-order valence-corrected chi connectivity index (χ4v) is 8.04. The normalized spacial score (nSPS) is 15.8. The second kappa shape index (κ2) is 10.6. The Labute approximate surface area is 280 Å². The van der Waals surface area contributed by atoms with E-state index in [-0.39, 0.29) is 5.41 Å². The Morgan fingerprint density at radius 1 is 0.521 bits per heavy atom. The highest BCUT2D eigenvalue weighted by Gasteiger charge is 2.40. The minimum atomic E-state index is -0.146. The van der Waals surface area contributed by atoms with Gasteiger partial charge in [0.25, 0.3) is 0 Å². The Balaban J connectivity index is 1.18. The van der Waals surface area contributed by atoms with Crippen molar-refractivity contribution in [3.63, 3.8) is 0 Å². The highest BCUT2D eigenvalue weighted by molar-refractivity contribution is 6.11. The zero-order valence-corrected chi connectivity index (χ0v) is 27.5. The van der Waals surface area contributed by atoms with E-state index in [1.165, 1.54) is 22.3 Å². The van der Waals surface area contributed by atoms with Crippen LogP contribution in [-0.4, -0.2) is 0 Å². The Morgan fingerprint density at radius 2 is 1.19 bits per heavy atom. The lowest BCUT2D eigenvalue weighted by molar-refractivity contribution is 0.619. The standard InChI is InChI=1S/C45H35NO2/c1-5-32-35-24-25-37-38-27-31(23-26-41(38)48-44(37)42(35)45(3,4)39(32)6-2)46(29-13-8-7-9-14-29)30-21-19-28(20-22-30)33-16-12-17-36-34-15-10-11-18-40(34)47-43(33)36/h5-27H,1-4H3/b32-5-,39-6?. The minimum absolute atomic E-state index is 0.146. The molecule has 0 fully saturated rings. The molecule has 0 saturated carbocycles. The van der Waals surface area contributed by atoms with Gasteiger partial charge in [-0.3, -0.25) is 0 Å². The first-order valence-corrected chi connectivity index (χ1v) is 16.7. The second-order valence-electron chi connectivity index (χ2n) is 13.2. The molecule has 8 aromatic rings. The minimum Gasteiger partial charge on any atom is -0.456 e. The van der Waals surface area contributed by atoms with Crippen molar-refractivity contribution >= 4 is 66.5 Å². The lowest BCUT2D eigenvalue weighted by Gasteiger charge is -2.25. The van der Waals surface area contributed by atoms with Crippen LogP contribution >= 0.6 is 0 Å². The van der Waals surface area contributed by atoms with E-state index in [9.17, 15) is 0 Å². The van der Waals surface area contributed by atoms with E-state index in [0.29, 0.717) is 0 Å². The molecule has 0 radical (unpaired) electrons. The van der Waals surface area contributed by atoms with Gasteiger partial charge in [0.2, 0.25) is 0 Å². The summed E-state index contributed by atoms with van der Waals surface area (Å²) in [5, 5.41) is 4.54. The highest BCUT2D eigenvalue weighted by Crippen LogP contribution is 2.53. The van der Waals surface area contributed by atoms with E-state index in [2.05, 4.69) is 160 Å². The molecule has 0 aliphatic heterocycles. The average molecular weight is 622 g/mol. The molecule has 0 bridgehead atoms. The molecule has 0 amide bonds. The molecule has 48 heavy (non-hydrogen) atoms. The maximum atomic E-state index is 6.70. The van der Waals surface area contributed by atoms with Crippen molar-refractivity contribution < 1.29 is 8.83 Å². The van der Waals surface area contributed by atoms with Crippen LogP contribution in [0.25, 0.3) is 60.6 Å². The molecule has 0 atom stereocenters. The first kappa shape index (κ1) is 28.4. The van der Waals surface area contributed by atoms with Gasteiger partial charge >= 0.3 is 0 Å². The van der Waals surface area contributed by atoms with Gasteiger partial charge in [-0.15, -0.1) is 0 Å². The van der Waals surface area contributed by atoms with Crippen LogP contribution in [0.3, 0.4) is 0 Å². The largest absolute Gasteiger partial charge is 0.456 e. The van der Waals surface area contributed by atoms with Crippen molar-refractivity contribution in [3.05, 3.63) is 156 Å². The molecule has 2 aromatic heterocycles. The van der Waals surface area contributed by atoms with Crippen molar-refractivity contribution in [2.75, 3.05) is 4.90 Å². The fraction of sp³-hybridized carbons (Fsp3) is 0.111. The summed E-state index contributed by atoms with van der Waals surface area (Å²) >= 11 is 0. The summed E-state index contributed by atoms with van der Waals surface area (Å²) in [5.41, 5.74) is 14.2. The summed E-state index contributed by atoms with van der Waals surface area (Å²) in [6.07, 6.45) is 4.48. The number of benzene rings is 6. The summed E-state index contributed by atoms with van der Waals surface area (Å²) in [6, 6.07) is 45.1. The van der Waals surface area contributed by atoms with Crippen LogP contribution in [0, 0.1) is 0 Å². The van der Waals surface area contributed by atoms with E-state index in [4.69, 9.17) is 8.83 Å². The summed E-state index contributed by atoms with van der Waals surface area (Å²) < 4.78 is 13.1. The molecule has 1 aliphatic rings. The van der Waals surface area contributed by atoms with Crippen molar-refractivity contribution in [2.24, 2.45) is 0 Å². The molecular formula is C45H35NO2. The number of hydrogen-bond acceptors (Lipinski definition) is 3. The average Bonchev–Trinajstić information content (AvgIpc) is 3.75. The van der Waals surface area contributed by atoms with Gasteiger partial charge in [-0.1, -0.05) is 98.8 Å². The lowest BCUT2D eigenvalue weighted by atomic mass is 9.81. The van der Waals surface area contributed by atoms with Crippen LogP contribution in [0.5, 0.6) is 0 Å². The number of allylic oxidation sites excluding steroid dienone is 4. The van der Waals surface area contributed by atoms with Crippen molar-refractivity contribution in [2.45, 2.75) is 33.1 Å². The fourth-order valence-electron chi connectivity index (χ4n) is 8.04. The Kier molecular flexibility index (Phi) is 6.29. The number of fused-ring (bicyclic) bond motifs is 8. The summed E-state index contributed by atoms with van der Waals surface area (Å²) in [6.45, 7) is 8.89. The van der Waals surface area contributed by atoms with Crippen LogP contribution in [0.2, 0.25) is 0 Å². The number of anilines is 3. The van der Waals surface area contributed by atoms with E-state index in [1.54, 1.807) is 0 Å². The highest BCUT2D eigenvalue weighted by atomic mass is 16.3. The molecule has 0 saturated heterocycles. The molecule has 3 nitrogen and oxygen atoms in total. The first-order valence-electron chi connectivity index (χ1n) is 16.7. The third-order valence-corrected chi connectivity index (χ3v) is 10.2. The molecule has 0 unspecified atom stereocenters. The van der Waals surface area contributed by atoms with Crippen LogP contribution in [0.4, 0.5) is 17.1 Å². The predicted octanol–water partition coefficient (Wildman–Crippen LogP) is 13.3. The molecule has 1 aliphatic carbocycles. The molecule has 9 rings (SSSR count). The SMILES string of the molecule is CC=C1/C(=C\C)c2ccc3c(oc4ccc(N(c5ccccc5)c5ccc(-c6cccc7c6oc6ccccc67)cc5)cc43)c2C1(C)C. The number of rotatable bonds is 4. The van der Waals surface area contributed by atoms with Crippen LogP contribution < -0.4 is 4.90 Å². The number of nitrogens with zero attached hydrogens (tertiary/aromatic N) is 1. The van der Waals surface area contributed by atoms with Crippen molar-refractivity contribution in [3.8, 4) is 11.1 Å². The van der Waals surface area contributed by atoms with Gasteiger partial charge in [0.1, 0.15) is 22.3 Å². The van der Waals surface area contributed by atoms with Crippen molar-refractivity contribution in [1.29, 1.82) is 0 Å². The second-order valence-corrected chi connectivity index (χ2v) is 13.2. The lowest BCUT2D eigenvalue weighted by Crippen LogP contribution is -2.15. The number of furan rings is 2. The van der Waals surface area contributed by atoms with Crippen LogP contribution in [-0.2, 0) is 5.41 Å². The molecule has 6 aromatic carbocycles. The maximum Gasteiger partial charge on any atom is 0.143 e. The van der Waals surface area contributed by atoms with Gasteiger partial charge in [-0.05, 0) is 90.7 Å². The monoisotopic (exact) mass is 621 g/mol. The quantitative estimate of drug-likeness (QED) is 0.196. The Hall–Kier alpha value is -5.80. The molecule has 0 N–H and O–H groups in total. The van der Waals surface area contributed by atoms with Gasteiger partial charge < -0.3 is 13.7 Å². The van der Waals surface area contributed by atoms with E-state index in [0.717, 1.165) is 72.1 Å². The van der Waals surface area contributed by atoms with Gasteiger partial charge in [-0.2, -0.15) is 0 Å². The van der Waals surface area contributed by atoms with Gasteiger partial charge in [0.05, 0.1) is 0 Å². The summed E-state index contributed by atoms with van der Waals surface area (Å²) in [5.74, 6) is 0. The van der Waals surface area contributed by atoms with Gasteiger partial charge in [-0.25, -0.2) is 0 Å². The Morgan fingerprint density at radius 3 is 1.98 bits per heavy atom. The van der Waals surface area contributed by atoms with Crippen LogP contribution in [0.1, 0.15) is 38.8 Å². The van der Waals surface area contributed by atoms with Crippen LogP contribution in [0.15, 0.2) is 154 Å². The molecule has 3 heteroatoms. The van der Waals surface area contributed by atoms with Gasteiger partial charge in [0.15, 0.2) is 0 Å². The third-order valence-electron chi connectivity index (χ3n) is 10.2. The van der Waals surface area contributed by atoms with E-state index in [1.807, 2.05) is 12.1 Å². The summed E-state index contributed by atoms with van der Waals surface area (Å²) in [4.78, 5) is 2.32.